The number of hydrogen-bond acceptors (Lipinski definition) is 3. The average Bonchev–Trinajstić information content (AvgIpc) is 2.67. The maximum absolute atomic E-state index is 12.8. The average molecular weight is 304 g/mol. The number of allylic oxidation sites excluding steroid dienone is 2. The van der Waals surface area contributed by atoms with Crippen molar-refractivity contribution in [1.29, 1.82) is 0 Å². The van der Waals surface area contributed by atoms with E-state index in [0.717, 1.165) is 26.1 Å². The number of nitrogens with one attached hydrogen (secondary N) is 1. The quantitative estimate of drug-likeness (QED) is 0.850. The summed E-state index contributed by atoms with van der Waals surface area (Å²) in [6.07, 6.45) is 8.86. The molecule has 1 aliphatic heterocycles. The van der Waals surface area contributed by atoms with Crippen LogP contribution in [0.4, 0.5) is 0 Å². The summed E-state index contributed by atoms with van der Waals surface area (Å²) in [5.41, 5.74) is 0.667. The molecule has 0 bridgehead atoms. The van der Waals surface area contributed by atoms with Crippen molar-refractivity contribution in [3.8, 4) is 0 Å². The van der Waals surface area contributed by atoms with Crippen LogP contribution in [-0.2, 0) is 9.59 Å². The number of carbonyl (C=O) groups is 2. The Bertz CT molecular complexity index is 484. The summed E-state index contributed by atoms with van der Waals surface area (Å²) in [4.78, 5) is 28.5. The lowest BCUT2D eigenvalue weighted by Crippen LogP contribution is -2.44. The van der Waals surface area contributed by atoms with E-state index in [-0.39, 0.29) is 23.9 Å². The van der Waals surface area contributed by atoms with Gasteiger partial charge in [0.25, 0.3) is 0 Å². The maximum atomic E-state index is 12.8. The first-order valence-corrected chi connectivity index (χ1v) is 8.03. The summed E-state index contributed by atoms with van der Waals surface area (Å²) in [7, 11) is 2.09. The fourth-order valence-electron chi connectivity index (χ4n) is 2.94. The van der Waals surface area contributed by atoms with Crippen LogP contribution in [0.25, 0.3) is 0 Å². The topological polar surface area (TPSA) is 52.7 Å². The molecule has 1 heterocycles. The number of carbonyl (C=O) groups excluding carboxylic acids is 2. The lowest BCUT2D eigenvalue weighted by molar-refractivity contribution is -0.129. The van der Waals surface area contributed by atoms with Crippen molar-refractivity contribution in [2.45, 2.75) is 38.8 Å². The number of likely N-dealkylation sites (N-methyl/N-ethyl adjacent to an activating group) is 1. The van der Waals surface area contributed by atoms with E-state index in [1.807, 2.05) is 36.5 Å². The van der Waals surface area contributed by atoms with Gasteiger partial charge in [-0.25, -0.2) is 0 Å². The molecule has 1 saturated heterocycles. The molecule has 1 radical (unpaired) electrons. The highest BCUT2D eigenvalue weighted by molar-refractivity contribution is 5.97. The molecule has 121 valence electrons. The molecule has 22 heavy (non-hydrogen) atoms. The first kappa shape index (κ1) is 16.7. The third kappa shape index (κ3) is 4.19. The highest BCUT2D eigenvalue weighted by Gasteiger charge is 2.28. The van der Waals surface area contributed by atoms with E-state index in [1.165, 1.54) is 0 Å². The van der Waals surface area contributed by atoms with Crippen LogP contribution in [0.15, 0.2) is 23.8 Å². The Morgan fingerprint density at radius 2 is 2.14 bits per heavy atom. The smallest absolute Gasteiger partial charge is 0.250 e. The molecular formula is C17H26N3O2. The zero-order valence-electron chi connectivity index (χ0n) is 13.7. The Balaban J connectivity index is 2.01. The summed E-state index contributed by atoms with van der Waals surface area (Å²) in [6, 6.07) is 0.00486. The second-order valence-corrected chi connectivity index (χ2v) is 6.08. The predicted molar refractivity (Wildman–Crippen MR) is 87.0 cm³/mol. The van der Waals surface area contributed by atoms with E-state index < -0.39 is 0 Å². The van der Waals surface area contributed by atoms with Gasteiger partial charge in [0.2, 0.25) is 11.8 Å². The summed E-state index contributed by atoms with van der Waals surface area (Å²) in [6.45, 7) is 6.61. The van der Waals surface area contributed by atoms with Gasteiger partial charge in [0.15, 0.2) is 0 Å². The van der Waals surface area contributed by atoms with Crippen LogP contribution >= 0.6 is 0 Å². The van der Waals surface area contributed by atoms with E-state index in [9.17, 15) is 9.59 Å². The molecule has 5 heteroatoms. The number of rotatable bonds is 3. The van der Waals surface area contributed by atoms with Crippen molar-refractivity contribution < 1.29 is 9.59 Å². The SMILES string of the molecule is CCC(=O)NC1[CH]C(C(=O)N2CCCN(C)CC2C)=CC=C1. The standard InChI is InChI=1S/C17H26N3O2/c1-4-16(21)18-15-8-5-7-14(11-15)17(22)20-10-6-9-19(3)12-13(20)2/h5,7-8,11,13,15H,4,6,9-10,12H2,1-3H3,(H,18,21). The van der Waals surface area contributed by atoms with E-state index in [4.69, 9.17) is 0 Å². The molecule has 2 unspecified atom stereocenters. The van der Waals surface area contributed by atoms with Crippen molar-refractivity contribution in [3.63, 3.8) is 0 Å². The van der Waals surface area contributed by atoms with Crippen molar-refractivity contribution in [3.05, 3.63) is 30.2 Å². The van der Waals surface area contributed by atoms with Gasteiger partial charge in [-0.2, -0.15) is 0 Å². The molecular weight excluding hydrogens is 278 g/mol. The number of nitrogens with zero attached hydrogens (tertiary/aromatic N) is 2. The monoisotopic (exact) mass is 304 g/mol. The fraction of sp³-hybridized carbons (Fsp3) is 0.588. The van der Waals surface area contributed by atoms with Gasteiger partial charge >= 0.3 is 0 Å². The van der Waals surface area contributed by atoms with Crippen molar-refractivity contribution in [1.82, 2.24) is 15.1 Å². The van der Waals surface area contributed by atoms with E-state index in [2.05, 4.69) is 24.2 Å². The van der Waals surface area contributed by atoms with E-state index in [0.29, 0.717) is 12.0 Å². The normalized spacial score (nSPS) is 26.3. The number of amides is 2. The Morgan fingerprint density at radius 3 is 2.86 bits per heavy atom. The van der Waals surface area contributed by atoms with Gasteiger partial charge in [-0.3, -0.25) is 9.59 Å². The predicted octanol–water partition coefficient (Wildman–Crippen LogP) is 1.13. The van der Waals surface area contributed by atoms with Crippen molar-refractivity contribution >= 4 is 11.8 Å². The summed E-state index contributed by atoms with van der Waals surface area (Å²) in [5, 5.41) is 2.89. The van der Waals surface area contributed by atoms with Crippen molar-refractivity contribution in [2.24, 2.45) is 0 Å². The second kappa shape index (κ2) is 7.58. The highest BCUT2D eigenvalue weighted by Crippen LogP contribution is 2.18. The molecule has 2 atom stereocenters. The van der Waals surface area contributed by atoms with Gasteiger partial charge in [0.1, 0.15) is 0 Å². The molecule has 1 aliphatic carbocycles. The molecule has 2 rings (SSSR count). The van der Waals surface area contributed by atoms with E-state index >= 15 is 0 Å². The largest absolute Gasteiger partial charge is 0.349 e. The minimum absolute atomic E-state index is 0.00985. The summed E-state index contributed by atoms with van der Waals surface area (Å²) in [5.74, 6) is 0.0484. The third-order valence-electron chi connectivity index (χ3n) is 4.16. The van der Waals surface area contributed by atoms with Gasteiger partial charge in [-0.15, -0.1) is 0 Å². The van der Waals surface area contributed by atoms with Gasteiger partial charge < -0.3 is 15.1 Å². The molecule has 0 aromatic heterocycles. The Morgan fingerprint density at radius 1 is 1.36 bits per heavy atom. The first-order valence-electron chi connectivity index (χ1n) is 8.03. The molecule has 2 aliphatic rings. The minimum Gasteiger partial charge on any atom is -0.349 e. The minimum atomic E-state index is -0.193. The van der Waals surface area contributed by atoms with Gasteiger partial charge in [0.05, 0.1) is 6.04 Å². The molecule has 5 nitrogen and oxygen atoms in total. The van der Waals surface area contributed by atoms with Crippen LogP contribution in [0, 0.1) is 6.42 Å². The number of hydrogen-bond donors (Lipinski definition) is 1. The Hall–Kier alpha value is -1.62. The van der Waals surface area contributed by atoms with Gasteiger partial charge in [-0.05, 0) is 26.9 Å². The molecule has 0 spiro atoms. The van der Waals surface area contributed by atoms with Gasteiger partial charge in [0, 0.05) is 37.5 Å². The van der Waals surface area contributed by atoms with Gasteiger partial charge in [-0.1, -0.05) is 25.2 Å². The molecule has 0 aromatic carbocycles. The van der Waals surface area contributed by atoms with Crippen LogP contribution in [0.3, 0.4) is 0 Å². The lowest BCUT2D eigenvalue weighted by Gasteiger charge is -2.30. The molecule has 1 N–H and O–H groups in total. The van der Waals surface area contributed by atoms with Crippen LogP contribution in [-0.4, -0.2) is 60.4 Å². The second-order valence-electron chi connectivity index (χ2n) is 6.08. The zero-order valence-corrected chi connectivity index (χ0v) is 13.7. The highest BCUT2D eigenvalue weighted by atomic mass is 16.2. The van der Waals surface area contributed by atoms with Crippen LogP contribution in [0.2, 0.25) is 0 Å². The van der Waals surface area contributed by atoms with Crippen LogP contribution < -0.4 is 5.32 Å². The molecule has 2 amide bonds. The van der Waals surface area contributed by atoms with Crippen LogP contribution in [0.1, 0.15) is 26.7 Å². The van der Waals surface area contributed by atoms with Crippen molar-refractivity contribution in [2.75, 3.05) is 26.7 Å². The molecule has 0 aromatic rings. The third-order valence-corrected chi connectivity index (χ3v) is 4.16. The Kier molecular flexibility index (Phi) is 5.77. The zero-order chi connectivity index (χ0) is 16.1. The van der Waals surface area contributed by atoms with Crippen LogP contribution in [0.5, 0.6) is 0 Å². The molecule has 1 fully saturated rings. The Labute approximate surface area is 133 Å². The summed E-state index contributed by atoms with van der Waals surface area (Å²) < 4.78 is 0. The van der Waals surface area contributed by atoms with E-state index in [1.54, 1.807) is 0 Å². The maximum Gasteiger partial charge on any atom is 0.250 e. The first-order chi connectivity index (χ1) is 10.5. The fourth-order valence-corrected chi connectivity index (χ4v) is 2.94. The summed E-state index contributed by atoms with van der Waals surface area (Å²) >= 11 is 0. The lowest BCUT2D eigenvalue weighted by atomic mass is 9.98. The molecule has 0 saturated carbocycles.